The molecule has 1 aromatic carbocycles. The van der Waals surface area contributed by atoms with Crippen molar-refractivity contribution >= 4 is 5.91 Å². The molecule has 0 bridgehead atoms. The lowest BCUT2D eigenvalue weighted by Gasteiger charge is -2.22. The zero-order valence-electron chi connectivity index (χ0n) is 11.0. The van der Waals surface area contributed by atoms with Crippen LogP contribution < -0.4 is 5.32 Å². The third-order valence-electron chi connectivity index (χ3n) is 3.01. The lowest BCUT2D eigenvalue weighted by atomic mass is 10.00. The summed E-state index contributed by atoms with van der Waals surface area (Å²) in [5.41, 5.74) is 1.08. The van der Waals surface area contributed by atoms with Gasteiger partial charge in [-0.1, -0.05) is 19.9 Å². The minimum atomic E-state index is -0.422. The average Bonchev–Trinajstić information content (AvgIpc) is 2.31. The van der Waals surface area contributed by atoms with Crippen LogP contribution in [0.3, 0.4) is 0 Å². The number of hydrogen-bond donors (Lipinski definition) is 2. The highest BCUT2D eigenvalue weighted by Crippen LogP contribution is 2.12. The van der Waals surface area contributed by atoms with Crippen LogP contribution >= 0.6 is 0 Å². The molecule has 0 aliphatic rings. The minimum Gasteiger partial charge on any atom is -0.396 e. The predicted molar refractivity (Wildman–Crippen MR) is 68.9 cm³/mol. The van der Waals surface area contributed by atoms with E-state index in [0.717, 1.165) is 5.56 Å². The van der Waals surface area contributed by atoms with Crippen LogP contribution in [0.2, 0.25) is 0 Å². The second-order valence-corrected chi connectivity index (χ2v) is 4.80. The molecule has 0 spiro atoms. The van der Waals surface area contributed by atoms with E-state index < -0.39 is 5.82 Å². The average molecular weight is 253 g/mol. The zero-order chi connectivity index (χ0) is 13.7. The van der Waals surface area contributed by atoms with Crippen molar-refractivity contribution in [1.29, 1.82) is 0 Å². The van der Waals surface area contributed by atoms with Crippen molar-refractivity contribution < 1.29 is 14.3 Å². The molecule has 1 atom stereocenters. The summed E-state index contributed by atoms with van der Waals surface area (Å²) < 4.78 is 13.1. The molecule has 0 aliphatic carbocycles. The van der Waals surface area contributed by atoms with Gasteiger partial charge in [0.25, 0.3) is 5.91 Å². The number of carbonyl (C=O) groups excluding carboxylic acids is 1. The van der Waals surface area contributed by atoms with Crippen molar-refractivity contribution in [3.8, 4) is 0 Å². The van der Waals surface area contributed by atoms with E-state index in [9.17, 15) is 9.18 Å². The van der Waals surface area contributed by atoms with Gasteiger partial charge in [-0.2, -0.15) is 0 Å². The first-order chi connectivity index (χ1) is 8.45. The Hall–Kier alpha value is -1.42. The molecule has 0 saturated carbocycles. The Morgan fingerprint density at radius 1 is 1.44 bits per heavy atom. The highest BCUT2D eigenvalue weighted by atomic mass is 19.1. The summed E-state index contributed by atoms with van der Waals surface area (Å²) in [6, 6.07) is 4.05. The van der Waals surface area contributed by atoms with Crippen molar-refractivity contribution in [3.63, 3.8) is 0 Å². The van der Waals surface area contributed by atoms with Crippen LogP contribution in [-0.4, -0.2) is 23.7 Å². The number of rotatable bonds is 5. The molecule has 1 amide bonds. The molecule has 1 rings (SSSR count). The number of nitrogens with one attached hydrogen (secondary N) is 1. The third-order valence-corrected chi connectivity index (χ3v) is 3.01. The van der Waals surface area contributed by atoms with Gasteiger partial charge in [-0.25, -0.2) is 4.39 Å². The van der Waals surface area contributed by atoms with Crippen LogP contribution in [0.5, 0.6) is 0 Å². The van der Waals surface area contributed by atoms with Crippen molar-refractivity contribution in [3.05, 3.63) is 35.1 Å². The molecule has 1 unspecified atom stereocenters. The summed E-state index contributed by atoms with van der Waals surface area (Å²) in [5, 5.41) is 11.8. The van der Waals surface area contributed by atoms with Crippen molar-refractivity contribution in [2.24, 2.45) is 5.92 Å². The molecule has 0 aromatic heterocycles. The van der Waals surface area contributed by atoms with Gasteiger partial charge in [-0.3, -0.25) is 4.79 Å². The number of carbonyl (C=O) groups is 1. The van der Waals surface area contributed by atoms with E-state index >= 15 is 0 Å². The zero-order valence-corrected chi connectivity index (χ0v) is 11.0. The van der Waals surface area contributed by atoms with Gasteiger partial charge in [0.2, 0.25) is 0 Å². The van der Waals surface area contributed by atoms with E-state index in [1.54, 1.807) is 13.0 Å². The number of aliphatic hydroxyl groups excluding tert-OH is 1. The molecule has 0 heterocycles. The number of hydrogen-bond acceptors (Lipinski definition) is 2. The van der Waals surface area contributed by atoms with E-state index in [1.165, 1.54) is 12.1 Å². The van der Waals surface area contributed by atoms with Gasteiger partial charge in [-0.15, -0.1) is 0 Å². The summed E-state index contributed by atoms with van der Waals surface area (Å²) in [5.74, 6) is -0.497. The molecule has 2 N–H and O–H groups in total. The fraction of sp³-hybridized carbons (Fsp3) is 0.500. The summed E-state index contributed by atoms with van der Waals surface area (Å²) in [6.45, 7) is 5.73. The normalized spacial score (nSPS) is 12.6. The van der Waals surface area contributed by atoms with E-state index in [0.29, 0.717) is 12.0 Å². The first-order valence-corrected chi connectivity index (χ1v) is 6.13. The summed E-state index contributed by atoms with van der Waals surface area (Å²) >= 11 is 0. The van der Waals surface area contributed by atoms with Crippen molar-refractivity contribution in [2.75, 3.05) is 6.61 Å². The predicted octanol–water partition coefficient (Wildman–Crippen LogP) is 2.27. The van der Waals surface area contributed by atoms with E-state index in [-0.39, 0.29) is 24.5 Å². The second-order valence-electron chi connectivity index (χ2n) is 4.80. The highest BCUT2D eigenvalue weighted by molar-refractivity contribution is 5.95. The molecular weight excluding hydrogens is 233 g/mol. The van der Waals surface area contributed by atoms with Crippen LogP contribution in [0.4, 0.5) is 4.39 Å². The monoisotopic (exact) mass is 253 g/mol. The Kier molecular flexibility index (Phi) is 5.28. The van der Waals surface area contributed by atoms with Crippen LogP contribution in [0, 0.1) is 18.7 Å². The largest absolute Gasteiger partial charge is 0.396 e. The van der Waals surface area contributed by atoms with Gasteiger partial charge in [0.15, 0.2) is 0 Å². The number of aliphatic hydroxyl groups is 1. The Balaban J connectivity index is 2.83. The molecule has 18 heavy (non-hydrogen) atoms. The third kappa shape index (κ3) is 3.81. The van der Waals surface area contributed by atoms with Gasteiger partial charge in [0.1, 0.15) is 5.82 Å². The smallest absolute Gasteiger partial charge is 0.251 e. The molecular formula is C14H20FNO2. The van der Waals surface area contributed by atoms with Crippen LogP contribution in [-0.2, 0) is 0 Å². The number of benzene rings is 1. The SMILES string of the molecule is Cc1ccc(F)cc1C(=O)NC(CCO)C(C)C. The Labute approximate surface area is 107 Å². The lowest BCUT2D eigenvalue weighted by molar-refractivity contribution is 0.0915. The van der Waals surface area contributed by atoms with Gasteiger partial charge >= 0.3 is 0 Å². The first kappa shape index (κ1) is 14.6. The highest BCUT2D eigenvalue weighted by Gasteiger charge is 2.18. The van der Waals surface area contributed by atoms with Gasteiger partial charge < -0.3 is 10.4 Å². The van der Waals surface area contributed by atoms with Crippen LogP contribution in [0.1, 0.15) is 36.2 Å². The summed E-state index contributed by atoms with van der Waals surface area (Å²) in [7, 11) is 0. The maximum Gasteiger partial charge on any atom is 0.251 e. The molecule has 0 saturated heterocycles. The van der Waals surface area contributed by atoms with E-state index in [1.807, 2.05) is 13.8 Å². The maximum absolute atomic E-state index is 13.1. The van der Waals surface area contributed by atoms with Gasteiger partial charge in [0, 0.05) is 18.2 Å². The maximum atomic E-state index is 13.1. The standard InChI is InChI=1S/C14H20FNO2/c1-9(2)13(6-7-17)16-14(18)12-8-11(15)5-4-10(12)3/h4-5,8-9,13,17H,6-7H2,1-3H3,(H,16,18). The van der Waals surface area contributed by atoms with Crippen molar-refractivity contribution in [1.82, 2.24) is 5.32 Å². The van der Waals surface area contributed by atoms with Gasteiger partial charge in [0.05, 0.1) is 0 Å². The van der Waals surface area contributed by atoms with E-state index in [2.05, 4.69) is 5.32 Å². The lowest BCUT2D eigenvalue weighted by Crippen LogP contribution is -2.39. The number of amides is 1. The van der Waals surface area contributed by atoms with E-state index in [4.69, 9.17) is 5.11 Å². The molecule has 100 valence electrons. The molecule has 0 fully saturated rings. The van der Waals surface area contributed by atoms with Crippen molar-refractivity contribution in [2.45, 2.75) is 33.2 Å². The Morgan fingerprint density at radius 3 is 2.67 bits per heavy atom. The minimum absolute atomic E-state index is 0.0191. The molecule has 0 radical (unpaired) electrons. The molecule has 3 nitrogen and oxygen atoms in total. The molecule has 4 heteroatoms. The summed E-state index contributed by atoms with van der Waals surface area (Å²) in [4.78, 5) is 12.0. The topological polar surface area (TPSA) is 49.3 Å². The fourth-order valence-electron chi connectivity index (χ4n) is 1.80. The van der Waals surface area contributed by atoms with Crippen LogP contribution in [0.15, 0.2) is 18.2 Å². The quantitative estimate of drug-likeness (QED) is 0.845. The molecule has 0 aliphatic heterocycles. The summed E-state index contributed by atoms with van der Waals surface area (Å²) in [6.07, 6.45) is 0.498. The second kappa shape index (κ2) is 6.50. The molecule has 1 aromatic rings. The first-order valence-electron chi connectivity index (χ1n) is 6.13. The Morgan fingerprint density at radius 2 is 2.11 bits per heavy atom. The number of aryl methyl sites for hydroxylation is 1. The fourth-order valence-corrected chi connectivity index (χ4v) is 1.80. The number of halogens is 1. The van der Waals surface area contributed by atoms with Gasteiger partial charge in [-0.05, 0) is 37.0 Å². The van der Waals surface area contributed by atoms with Crippen LogP contribution in [0.25, 0.3) is 0 Å². The Bertz CT molecular complexity index is 418.